The fraction of sp³-hybridized carbons (Fsp3) is 1.00. The van der Waals surface area contributed by atoms with E-state index in [1.165, 1.54) is 13.5 Å². The monoisotopic (exact) mass is 144 g/mol. The molecule has 0 aromatic carbocycles. The van der Waals surface area contributed by atoms with Crippen LogP contribution in [0.15, 0.2) is 0 Å². The lowest BCUT2D eigenvalue weighted by Crippen LogP contribution is -2.30. The van der Waals surface area contributed by atoms with Crippen LogP contribution >= 0.6 is 0 Å². The summed E-state index contributed by atoms with van der Waals surface area (Å²) < 4.78 is 5.35. The molecule has 0 spiro atoms. The molecule has 0 radical (unpaired) electrons. The average Bonchev–Trinajstić information content (AvgIpc) is 1.88. The first-order valence-corrected chi connectivity index (χ1v) is 3.79. The predicted octanol–water partition coefficient (Wildman–Crippen LogP) is 0.985. The zero-order valence-corrected chi connectivity index (χ0v) is 6.38. The van der Waals surface area contributed by atoms with Gasteiger partial charge in [-0.15, -0.1) is 0 Å². The molecule has 1 aliphatic heterocycles. The quantitative estimate of drug-likeness (QED) is 0.542. The largest absolute Gasteiger partial charge is 0.785 e. The van der Waals surface area contributed by atoms with Crippen molar-refractivity contribution in [3.8, 4) is 0 Å². The number of rotatable bonds is 2. The Morgan fingerprint density at radius 3 is 2.90 bits per heavy atom. The first-order chi connectivity index (χ1) is 4.79. The highest BCUT2D eigenvalue weighted by Crippen LogP contribution is 2.12. The van der Waals surface area contributed by atoms with Crippen LogP contribution in [0.25, 0.3) is 0 Å². The van der Waals surface area contributed by atoms with E-state index in [-0.39, 0.29) is 6.10 Å². The molecule has 0 aromatic rings. The minimum absolute atomic E-state index is 0.191. The molecule has 3 heteroatoms. The molecule has 1 saturated heterocycles. The summed E-state index contributed by atoms with van der Waals surface area (Å²) >= 11 is 0. The predicted molar refractivity (Wildman–Crippen MR) is 39.6 cm³/mol. The maximum absolute atomic E-state index is 10.5. The van der Waals surface area contributed by atoms with Gasteiger partial charge in [0, 0.05) is 13.2 Å². The van der Waals surface area contributed by atoms with Crippen molar-refractivity contribution < 1.29 is 4.74 Å². The molecule has 1 aliphatic rings. The molecule has 1 atom stereocenters. The highest BCUT2D eigenvalue weighted by atomic mass is 16.5. The van der Waals surface area contributed by atoms with Crippen molar-refractivity contribution in [3.63, 3.8) is 0 Å². The third kappa shape index (κ3) is 2.64. The van der Waals surface area contributed by atoms with Crippen molar-refractivity contribution >= 4 is 0 Å². The Bertz CT molecular complexity index is 89.6. The van der Waals surface area contributed by atoms with Crippen molar-refractivity contribution in [2.45, 2.75) is 25.4 Å². The summed E-state index contributed by atoms with van der Waals surface area (Å²) in [5.74, 6) is 0. The number of likely N-dealkylation sites (N-methyl/N-ethyl adjacent to an activating group) is 1. The molecular formula is C7H14NO2-. The van der Waals surface area contributed by atoms with Crippen molar-refractivity contribution in [2.75, 3.05) is 20.2 Å². The molecule has 0 bridgehead atoms. The van der Waals surface area contributed by atoms with Crippen molar-refractivity contribution in [2.24, 2.45) is 0 Å². The van der Waals surface area contributed by atoms with Crippen LogP contribution in [0.4, 0.5) is 0 Å². The Kier molecular flexibility index (Phi) is 3.12. The average molecular weight is 144 g/mol. The van der Waals surface area contributed by atoms with Gasteiger partial charge in [-0.25, -0.2) is 0 Å². The zero-order valence-electron chi connectivity index (χ0n) is 6.38. The second-order valence-corrected chi connectivity index (χ2v) is 2.80. The molecule has 0 aliphatic carbocycles. The van der Waals surface area contributed by atoms with Crippen LogP contribution in [0.1, 0.15) is 19.3 Å². The fourth-order valence-corrected chi connectivity index (χ4v) is 1.24. The van der Waals surface area contributed by atoms with Crippen molar-refractivity contribution in [1.82, 2.24) is 5.06 Å². The van der Waals surface area contributed by atoms with Crippen LogP contribution < -0.4 is 0 Å². The molecule has 0 N–H and O–H groups in total. The fourth-order valence-electron chi connectivity index (χ4n) is 1.24. The minimum Gasteiger partial charge on any atom is -0.785 e. The van der Waals surface area contributed by atoms with Gasteiger partial charge in [-0.2, -0.15) is 0 Å². The van der Waals surface area contributed by atoms with E-state index in [9.17, 15) is 5.21 Å². The molecule has 0 aromatic heterocycles. The van der Waals surface area contributed by atoms with Crippen LogP contribution in [0, 0.1) is 5.21 Å². The molecule has 0 saturated carbocycles. The van der Waals surface area contributed by atoms with E-state index in [1.807, 2.05) is 0 Å². The highest BCUT2D eigenvalue weighted by Gasteiger charge is 2.12. The maximum atomic E-state index is 10.5. The minimum atomic E-state index is 0.191. The normalized spacial score (nSPS) is 27.3. The third-order valence-electron chi connectivity index (χ3n) is 1.73. The lowest BCUT2D eigenvalue weighted by Gasteiger charge is -2.30. The Hall–Kier alpha value is -0.120. The number of hydrogen-bond donors (Lipinski definition) is 0. The van der Waals surface area contributed by atoms with Gasteiger partial charge in [-0.3, -0.25) is 0 Å². The Balaban J connectivity index is 2.13. The molecule has 0 amide bonds. The van der Waals surface area contributed by atoms with Gasteiger partial charge in [0.25, 0.3) is 0 Å². The standard InChI is InChI=1S/C7H14NO2/c1-8(9)6-7-4-2-3-5-10-7/h7H,2-6H2,1H3/q-1. The summed E-state index contributed by atoms with van der Waals surface area (Å²) in [6.45, 7) is 1.36. The lowest BCUT2D eigenvalue weighted by molar-refractivity contribution is 0.00480. The van der Waals surface area contributed by atoms with Crippen molar-refractivity contribution in [3.05, 3.63) is 5.21 Å². The van der Waals surface area contributed by atoms with E-state index in [2.05, 4.69) is 0 Å². The molecule has 1 rings (SSSR count). The van der Waals surface area contributed by atoms with Gasteiger partial charge in [-0.1, -0.05) is 0 Å². The highest BCUT2D eigenvalue weighted by molar-refractivity contribution is 4.67. The van der Waals surface area contributed by atoms with Crippen LogP contribution in [-0.2, 0) is 4.74 Å². The number of nitrogens with zero attached hydrogens (tertiary/aromatic N) is 1. The summed E-state index contributed by atoms with van der Waals surface area (Å²) in [4.78, 5) is 0. The SMILES string of the molecule is CN([O-])CC1CCCCO1. The van der Waals surface area contributed by atoms with Gasteiger partial charge in [-0.05, 0) is 26.3 Å². The maximum Gasteiger partial charge on any atom is 0.0692 e. The van der Waals surface area contributed by atoms with Gasteiger partial charge < -0.3 is 15.0 Å². The summed E-state index contributed by atoms with van der Waals surface area (Å²) in [7, 11) is 1.54. The molecule has 1 unspecified atom stereocenters. The Morgan fingerprint density at radius 2 is 2.40 bits per heavy atom. The van der Waals surface area contributed by atoms with Crippen LogP contribution in [0.3, 0.4) is 0 Å². The third-order valence-corrected chi connectivity index (χ3v) is 1.73. The van der Waals surface area contributed by atoms with E-state index in [0.717, 1.165) is 24.5 Å². The van der Waals surface area contributed by atoms with Gasteiger partial charge in [0.2, 0.25) is 0 Å². The van der Waals surface area contributed by atoms with E-state index in [4.69, 9.17) is 4.74 Å². The zero-order chi connectivity index (χ0) is 7.40. The van der Waals surface area contributed by atoms with Gasteiger partial charge in [0.1, 0.15) is 0 Å². The second-order valence-electron chi connectivity index (χ2n) is 2.80. The summed E-state index contributed by atoms with van der Waals surface area (Å²) in [6, 6.07) is 0. The molecular weight excluding hydrogens is 130 g/mol. The molecule has 1 fully saturated rings. The first kappa shape index (κ1) is 7.98. The number of ether oxygens (including phenoxy) is 1. The van der Waals surface area contributed by atoms with Crippen LogP contribution in [0.5, 0.6) is 0 Å². The van der Waals surface area contributed by atoms with Crippen LogP contribution in [0.2, 0.25) is 0 Å². The topological polar surface area (TPSA) is 35.5 Å². The van der Waals surface area contributed by atoms with Gasteiger partial charge in [0.05, 0.1) is 6.10 Å². The van der Waals surface area contributed by atoms with Gasteiger partial charge >= 0.3 is 0 Å². The van der Waals surface area contributed by atoms with E-state index >= 15 is 0 Å². The molecule has 10 heavy (non-hydrogen) atoms. The molecule has 1 heterocycles. The van der Waals surface area contributed by atoms with E-state index in [0.29, 0.717) is 6.54 Å². The van der Waals surface area contributed by atoms with Gasteiger partial charge in [0.15, 0.2) is 0 Å². The Morgan fingerprint density at radius 1 is 1.60 bits per heavy atom. The lowest BCUT2D eigenvalue weighted by atomic mass is 10.1. The summed E-state index contributed by atoms with van der Waals surface area (Å²) in [5.41, 5.74) is 0. The summed E-state index contributed by atoms with van der Waals surface area (Å²) in [6.07, 6.45) is 3.60. The Labute approximate surface area is 61.5 Å². The van der Waals surface area contributed by atoms with E-state index < -0.39 is 0 Å². The molecule has 60 valence electrons. The van der Waals surface area contributed by atoms with Crippen molar-refractivity contribution in [1.29, 1.82) is 0 Å². The molecule has 3 nitrogen and oxygen atoms in total. The van der Waals surface area contributed by atoms with Crippen LogP contribution in [-0.4, -0.2) is 31.4 Å². The smallest absolute Gasteiger partial charge is 0.0692 e. The summed E-state index contributed by atoms with van der Waals surface area (Å²) in [5, 5.41) is 11.5. The number of hydroxylamine groups is 2. The second kappa shape index (κ2) is 3.91. The van der Waals surface area contributed by atoms with E-state index in [1.54, 1.807) is 0 Å². The number of hydrogen-bond acceptors (Lipinski definition) is 3. The first-order valence-electron chi connectivity index (χ1n) is 3.79.